The largest absolute Gasteiger partial charge is 0.368 e. The Hall–Kier alpha value is -3.42. The van der Waals surface area contributed by atoms with Crippen molar-refractivity contribution in [2.75, 3.05) is 36.4 Å². The van der Waals surface area contributed by atoms with Gasteiger partial charge in [-0.05, 0) is 43.2 Å². The number of rotatable bonds is 4. The summed E-state index contributed by atoms with van der Waals surface area (Å²) in [5.74, 6) is -0.425. The summed E-state index contributed by atoms with van der Waals surface area (Å²) in [6, 6.07) is 12.6. The minimum absolute atomic E-state index is 0.161. The number of benzene rings is 2. The van der Waals surface area contributed by atoms with Gasteiger partial charge in [0.1, 0.15) is 5.82 Å². The minimum Gasteiger partial charge on any atom is -0.368 e. The van der Waals surface area contributed by atoms with Crippen LogP contribution in [0.3, 0.4) is 0 Å². The molecule has 1 saturated heterocycles. The van der Waals surface area contributed by atoms with E-state index >= 15 is 0 Å². The molecule has 1 aromatic heterocycles. The molecule has 7 nitrogen and oxygen atoms in total. The van der Waals surface area contributed by atoms with Gasteiger partial charge in [0.2, 0.25) is 0 Å². The lowest BCUT2D eigenvalue weighted by atomic mass is 10.1. The van der Waals surface area contributed by atoms with Crippen LogP contribution in [0.15, 0.2) is 42.5 Å². The Balaban J connectivity index is 1.45. The van der Waals surface area contributed by atoms with E-state index in [-0.39, 0.29) is 23.1 Å². The van der Waals surface area contributed by atoms with E-state index in [1.165, 1.54) is 22.9 Å². The van der Waals surface area contributed by atoms with Crippen molar-refractivity contribution in [2.24, 2.45) is 0 Å². The van der Waals surface area contributed by atoms with Crippen LogP contribution in [0.25, 0.3) is 0 Å². The van der Waals surface area contributed by atoms with Crippen LogP contribution in [0.4, 0.5) is 21.6 Å². The van der Waals surface area contributed by atoms with Crippen LogP contribution in [-0.4, -0.2) is 52.4 Å². The van der Waals surface area contributed by atoms with Gasteiger partial charge in [0.05, 0.1) is 5.69 Å². The normalized spacial score (nSPS) is 14.2. The number of halogens is 1. The number of nitrogens with one attached hydrogen (secondary N) is 2. The summed E-state index contributed by atoms with van der Waals surface area (Å²) < 4.78 is 13.9. The summed E-state index contributed by atoms with van der Waals surface area (Å²) in [6.07, 6.45) is 0. The van der Waals surface area contributed by atoms with Crippen molar-refractivity contribution in [3.8, 4) is 0 Å². The number of amides is 1. The summed E-state index contributed by atoms with van der Waals surface area (Å²) in [4.78, 5) is 17.0. The highest BCUT2D eigenvalue weighted by Crippen LogP contribution is 2.24. The van der Waals surface area contributed by atoms with Gasteiger partial charge >= 0.3 is 0 Å². The van der Waals surface area contributed by atoms with Crippen molar-refractivity contribution in [3.05, 3.63) is 65.1 Å². The number of nitrogens with zero attached hydrogens (tertiary/aromatic N) is 4. The van der Waals surface area contributed by atoms with Crippen LogP contribution in [0.5, 0.6) is 0 Å². The molecular formula is C21H23FN6O. The van der Waals surface area contributed by atoms with E-state index in [1.54, 1.807) is 23.1 Å². The van der Waals surface area contributed by atoms with Gasteiger partial charge in [0.25, 0.3) is 5.91 Å². The van der Waals surface area contributed by atoms with E-state index in [1.807, 2.05) is 0 Å². The van der Waals surface area contributed by atoms with Gasteiger partial charge in [-0.1, -0.05) is 24.3 Å². The first-order valence-corrected chi connectivity index (χ1v) is 9.57. The number of carbonyl (C=O) groups is 1. The predicted octanol–water partition coefficient (Wildman–Crippen LogP) is 3.27. The quantitative estimate of drug-likeness (QED) is 0.710. The number of piperazine rings is 1. The molecule has 0 saturated carbocycles. The summed E-state index contributed by atoms with van der Waals surface area (Å²) in [7, 11) is 0. The van der Waals surface area contributed by atoms with E-state index in [0.717, 1.165) is 13.1 Å². The first kappa shape index (κ1) is 18.9. The third kappa shape index (κ3) is 3.91. The highest BCUT2D eigenvalue weighted by Gasteiger charge is 2.27. The van der Waals surface area contributed by atoms with Crippen LogP contribution in [0.2, 0.25) is 0 Å². The van der Waals surface area contributed by atoms with Gasteiger partial charge < -0.3 is 15.1 Å². The van der Waals surface area contributed by atoms with Gasteiger partial charge in [-0.2, -0.15) is 5.21 Å². The second-order valence-electron chi connectivity index (χ2n) is 7.19. The zero-order chi connectivity index (χ0) is 20.4. The van der Waals surface area contributed by atoms with E-state index in [4.69, 9.17) is 0 Å². The minimum atomic E-state index is -0.420. The molecule has 29 heavy (non-hydrogen) atoms. The molecule has 4 rings (SSSR count). The molecule has 8 heteroatoms. The highest BCUT2D eigenvalue weighted by molar-refractivity contribution is 5.97. The van der Waals surface area contributed by atoms with Gasteiger partial charge in [0.15, 0.2) is 11.5 Å². The fourth-order valence-electron chi connectivity index (χ4n) is 3.52. The molecule has 1 aliphatic heterocycles. The van der Waals surface area contributed by atoms with E-state index in [0.29, 0.717) is 13.1 Å². The van der Waals surface area contributed by atoms with Gasteiger partial charge in [0, 0.05) is 31.9 Å². The SMILES string of the molecule is Cc1ccc(C)c(N2CCN(C(=O)c3n[nH]nc3Nc3ccccc3F)CC2)c1. The lowest BCUT2D eigenvalue weighted by molar-refractivity contribution is 0.0742. The van der Waals surface area contributed by atoms with E-state index in [9.17, 15) is 9.18 Å². The fraction of sp³-hybridized carbons (Fsp3) is 0.286. The maximum absolute atomic E-state index is 13.9. The molecule has 1 amide bonds. The molecule has 2 aromatic carbocycles. The lowest BCUT2D eigenvalue weighted by Crippen LogP contribution is -2.49. The van der Waals surface area contributed by atoms with Gasteiger partial charge in [-0.3, -0.25) is 4.79 Å². The number of carbonyl (C=O) groups excluding carboxylic acids is 1. The van der Waals surface area contributed by atoms with Gasteiger partial charge in [-0.15, -0.1) is 10.2 Å². The first-order valence-electron chi connectivity index (χ1n) is 9.57. The van der Waals surface area contributed by atoms with Gasteiger partial charge in [-0.25, -0.2) is 4.39 Å². The van der Waals surface area contributed by atoms with Crippen molar-refractivity contribution in [1.29, 1.82) is 0 Å². The maximum Gasteiger partial charge on any atom is 0.278 e. The Labute approximate surface area is 168 Å². The number of hydrogen-bond acceptors (Lipinski definition) is 5. The Morgan fingerprint density at radius 3 is 2.59 bits per heavy atom. The lowest BCUT2D eigenvalue weighted by Gasteiger charge is -2.36. The number of anilines is 3. The highest BCUT2D eigenvalue weighted by atomic mass is 19.1. The average molecular weight is 394 g/mol. The standard InChI is InChI=1S/C21H23FN6O/c1-14-7-8-15(2)18(13-14)27-9-11-28(12-10-27)21(29)19-20(25-26-24-19)23-17-6-4-3-5-16(17)22/h3-8,13H,9-12H2,1-2H3,(H2,23,24,25,26). The van der Waals surface area contributed by atoms with Crippen LogP contribution in [-0.2, 0) is 0 Å². The van der Waals surface area contributed by atoms with E-state index < -0.39 is 5.82 Å². The molecule has 0 spiro atoms. The zero-order valence-electron chi connectivity index (χ0n) is 16.4. The number of hydrogen-bond donors (Lipinski definition) is 2. The summed E-state index contributed by atoms with van der Waals surface area (Å²) in [5.41, 5.74) is 4.06. The smallest absolute Gasteiger partial charge is 0.278 e. The average Bonchev–Trinajstić information content (AvgIpc) is 3.19. The van der Waals surface area contributed by atoms with Crippen molar-refractivity contribution in [2.45, 2.75) is 13.8 Å². The third-order valence-electron chi connectivity index (χ3n) is 5.15. The molecule has 0 radical (unpaired) electrons. The van der Waals surface area contributed by atoms with Crippen molar-refractivity contribution >= 4 is 23.1 Å². The van der Waals surface area contributed by atoms with Crippen LogP contribution >= 0.6 is 0 Å². The number of aromatic nitrogens is 3. The number of aryl methyl sites for hydroxylation is 2. The molecule has 2 heterocycles. The monoisotopic (exact) mass is 394 g/mol. The Morgan fingerprint density at radius 1 is 1.07 bits per heavy atom. The Morgan fingerprint density at radius 2 is 1.83 bits per heavy atom. The molecule has 150 valence electrons. The topological polar surface area (TPSA) is 77.2 Å². The summed E-state index contributed by atoms with van der Waals surface area (Å²) in [5, 5.41) is 13.3. The second kappa shape index (κ2) is 7.90. The van der Waals surface area contributed by atoms with Crippen molar-refractivity contribution < 1.29 is 9.18 Å². The number of aromatic amines is 1. The summed E-state index contributed by atoms with van der Waals surface area (Å²) >= 11 is 0. The van der Waals surface area contributed by atoms with Crippen LogP contribution in [0, 0.1) is 19.7 Å². The maximum atomic E-state index is 13.9. The Bertz CT molecular complexity index is 1030. The molecule has 0 atom stereocenters. The van der Waals surface area contributed by atoms with Crippen molar-refractivity contribution in [3.63, 3.8) is 0 Å². The second-order valence-corrected chi connectivity index (χ2v) is 7.19. The molecule has 0 bridgehead atoms. The first-order chi connectivity index (χ1) is 14.0. The van der Waals surface area contributed by atoms with E-state index in [2.05, 4.69) is 57.7 Å². The molecule has 1 aliphatic rings. The number of H-pyrrole nitrogens is 1. The molecule has 2 N–H and O–H groups in total. The van der Waals surface area contributed by atoms with Crippen molar-refractivity contribution in [1.82, 2.24) is 20.3 Å². The fourth-order valence-corrected chi connectivity index (χ4v) is 3.52. The number of para-hydroxylation sites is 1. The molecule has 1 fully saturated rings. The third-order valence-corrected chi connectivity index (χ3v) is 5.15. The van der Waals surface area contributed by atoms with Crippen LogP contribution in [0.1, 0.15) is 21.6 Å². The Kier molecular flexibility index (Phi) is 5.16. The van der Waals surface area contributed by atoms with Crippen LogP contribution < -0.4 is 10.2 Å². The predicted molar refractivity (Wildman–Crippen MR) is 110 cm³/mol. The summed E-state index contributed by atoms with van der Waals surface area (Å²) in [6.45, 7) is 6.82. The molecule has 0 unspecified atom stereocenters. The molecular weight excluding hydrogens is 371 g/mol. The molecule has 0 aliphatic carbocycles. The zero-order valence-corrected chi connectivity index (χ0v) is 16.4. The molecule has 3 aromatic rings.